The van der Waals surface area contributed by atoms with Crippen molar-refractivity contribution >= 4 is 0 Å². The first kappa shape index (κ1) is 31.3. The summed E-state index contributed by atoms with van der Waals surface area (Å²) in [4.78, 5) is 0. The van der Waals surface area contributed by atoms with Gasteiger partial charge in [0.05, 0.1) is 6.67 Å². The Balaban J connectivity index is 1.15. The third kappa shape index (κ3) is 10.3. The van der Waals surface area contributed by atoms with E-state index >= 15 is 0 Å². The van der Waals surface area contributed by atoms with Crippen molar-refractivity contribution in [3.63, 3.8) is 0 Å². The van der Waals surface area contributed by atoms with E-state index in [0.717, 1.165) is 36.5 Å². The van der Waals surface area contributed by atoms with Crippen LogP contribution in [0, 0.1) is 11.8 Å². The van der Waals surface area contributed by atoms with E-state index in [0.29, 0.717) is 0 Å². The molecule has 4 rings (SSSR count). The van der Waals surface area contributed by atoms with Crippen molar-refractivity contribution in [3.8, 4) is 11.1 Å². The normalized spacial score (nSPS) is 23.4. The molecule has 2 aliphatic carbocycles. The minimum Gasteiger partial charge on any atom is -0.251 e. The first-order chi connectivity index (χ1) is 19.8. The quantitative estimate of drug-likeness (QED) is 0.173. The summed E-state index contributed by atoms with van der Waals surface area (Å²) < 4.78 is 12.2. The molecule has 2 aromatic carbocycles. The molecule has 0 unspecified atom stereocenters. The largest absolute Gasteiger partial charge is 0.251 e. The van der Waals surface area contributed by atoms with Gasteiger partial charge in [0.2, 0.25) is 0 Å². The molecule has 222 valence electrons. The van der Waals surface area contributed by atoms with E-state index in [1.165, 1.54) is 133 Å². The maximum Gasteiger partial charge on any atom is 0.0894 e. The summed E-state index contributed by atoms with van der Waals surface area (Å²) in [7, 11) is 0. The van der Waals surface area contributed by atoms with Gasteiger partial charge in [-0.2, -0.15) is 0 Å². The molecule has 0 aliphatic heterocycles. The SMILES string of the molecule is CCCCCCC[C@H]1CC[C@H](c2ccc(-c3ccc([C@H]4CC[C@H](CCCCCCCCF)CC4)cc3)cc2)CC1. The van der Waals surface area contributed by atoms with Crippen molar-refractivity contribution in [2.75, 3.05) is 6.67 Å². The first-order valence-corrected chi connectivity index (χ1v) is 17.5. The molecule has 2 aromatic rings. The van der Waals surface area contributed by atoms with E-state index in [-0.39, 0.29) is 6.67 Å². The molecule has 0 spiro atoms. The molecule has 0 amide bonds. The second-order valence-corrected chi connectivity index (χ2v) is 13.5. The highest BCUT2D eigenvalue weighted by atomic mass is 19.1. The third-order valence-corrected chi connectivity index (χ3v) is 10.5. The maximum absolute atomic E-state index is 12.2. The zero-order chi connectivity index (χ0) is 27.8. The van der Waals surface area contributed by atoms with Crippen molar-refractivity contribution in [1.82, 2.24) is 0 Å². The third-order valence-electron chi connectivity index (χ3n) is 10.5. The smallest absolute Gasteiger partial charge is 0.0894 e. The maximum atomic E-state index is 12.2. The van der Waals surface area contributed by atoms with Gasteiger partial charge in [-0.3, -0.25) is 4.39 Å². The van der Waals surface area contributed by atoms with Gasteiger partial charge >= 0.3 is 0 Å². The van der Waals surface area contributed by atoms with Crippen LogP contribution >= 0.6 is 0 Å². The van der Waals surface area contributed by atoms with Crippen LogP contribution in [0.25, 0.3) is 11.1 Å². The monoisotopic (exact) mass is 546 g/mol. The molecule has 0 saturated heterocycles. The Morgan fingerprint density at radius 3 is 1.25 bits per heavy atom. The molecule has 0 N–H and O–H groups in total. The summed E-state index contributed by atoms with van der Waals surface area (Å²) in [5.74, 6) is 3.45. The zero-order valence-corrected chi connectivity index (χ0v) is 25.9. The van der Waals surface area contributed by atoms with Gasteiger partial charge in [-0.1, -0.05) is 133 Å². The highest BCUT2D eigenvalue weighted by Crippen LogP contribution is 2.40. The van der Waals surface area contributed by atoms with Crippen molar-refractivity contribution in [2.45, 2.75) is 154 Å². The van der Waals surface area contributed by atoms with Gasteiger partial charge in [0.15, 0.2) is 0 Å². The van der Waals surface area contributed by atoms with Gasteiger partial charge in [-0.25, -0.2) is 0 Å². The van der Waals surface area contributed by atoms with Crippen LogP contribution in [0.5, 0.6) is 0 Å². The van der Waals surface area contributed by atoms with E-state index in [1.807, 2.05) is 0 Å². The number of rotatable bonds is 17. The Morgan fingerprint density at radius 1 is 0.475 bits per heavy atom. The second kappa shape index (κ2) is 18.0. The van der Waals surface area contributed by atoms with E-state index in [9.17, 15) is 4.39 Å². The minimum absolute atomic E-state index is 0.140. The lowest BCUT2D eigenvalue weighted by Crippen LogP contribution is -2.13. The van der Waals surface area contributed by atoms with Crippen molar-refractivity contribution < 1.29 is 4.39 Å². The fraction of sp³-hybridized carbons (Fsp3) is 0.692. The van der Waals surface area contributed by atoms with Crippen LogP contribution in [0.1, 0.15) is 165 Å². The second-order valence-electron chi connectivity index (χ2n) is 13.5. The molecule has 0 radical (unpaired) electrons. The van der Waals surface area contributed by atoms with Gasteiger partial charge < -0.3 is 0 Å². The first-order valence-electron chi connectivity index (χ1n) is 17.5. The number of benzene rings is 2. The van der Waals surface area contributed by atoms with E-state index in [4.69, 9.17) is 0 Å². The van der Waals surface area contributed by atoms with Crippen LogP contribution in [0.2, 0.25) is 0 Å². The lowest BCUT2D eigenvalue weighted by molar-refractivity contribution is 0.301. The fourth-order valence-corrected chi connectivity index (χ4v) is 7.74. The van der Waals surface area contributed by atoms with Crippen LogP contribution < -0.4 is 0 Å². The summed E-state index contributed by atoms with van der Waals surface area (Å²) >= 11 is 0. The molecule has 0 aromatic heterocycles. The summed E-state index contributed by atoms with van der Waals surface area (Å²) in [6.07, 6.45) is 28.2. The summed E-state index contributed by atoms with van der Waals surface area (Å²) in [6, 6.07) is 19.1. The number of hydrogen-bond acceptors (Lipinski definition) is 0. The molecular weight excluding hydrogens is 487 g/mol. The van der Waals surface area contributed by atoms with Gasteiger partial charge in [0.25, 0.3) is 0 Å². The van der Waals surface area contributed by atoms with Crippen molar-refractivity contribution in [3.05, 3.63) is 59.7 Å². The molecule has 1 heteroatoms. The molecule has 2 aliphatic rings. The van der Waals surface area contributed by atoms with Crippen LogP contribution in [-0.2, 0) is 0 Å². The highest BCUT2D eigenvalue weighted by Gasteiger charge is 2.23. The summed E-state index contributed by atoms with van der Waals surface area (Å²) in [6.45, 7) is 2.17. The molecule has 2 saturated carbocycles. The lowest BCUT2D eigenvalue weighted by atomic mass is 9.76. The predicted molar refractivity (Wildman–Crippen MR) is 173 cm³/mol. The average Bonchev–Trinajstić information content (AvgIpc) is 3.01. The molecule has 2 fully saturated rings. The van der Waals surface area contributed by atoms with Gasteiger partial charge in [0.1, 0.15) is 0 Å². The van der Waals surface area contributed by atoms with Crippen LogP contribution in [0.4, 0.5) is 4.39 Å². The minimum atomic E-state index is -0.140. The topological polar surface area (TPSA) is 0 Å². The Hall–Kier alpha value is -1.63. The van der Waals surface area contributed by atoms with Gasteiger partial charge in [0, 0.05) is 0 Å². The number of alkyl halides is 1. The van der Waals surface area contributed by atoms with E-state index in [2.05, 4.69) is 55.5 Å². The Bertz CT molecular complexity index is 897. The molecule has 40 heavy (non-hydrogen) atoms. The predicted octanol–water partition coefficient (Wildman–Crippen LogP) is 13.0. The number of hydrogen-bond donors (Lipinski definition) is 0. The number of unbranched alkanes of at least 4 members (excludes halogenated alkanes) is 9. The Labute approximate surface area is 246 Å². The summed E-state index contributed by atoms with van der Waals surface area (Å²) in [5.41, 5.74) is 5.84. The lowest BCUT2D eigenvalue weighted by Gasteiger charge is -2.29. The van der Waals surface area contributed by atoms with Crippen LogP contribution in [0.3, 0.4) is 0 Å². The fourth-order valence-electron chi connectivity index (χ4n) is 7.74. The molecule has 0 bridgehead atoms. The van der Waals surface area contributed by atoms with E-state index < -0.39 is 0 Å². The molecule has 0 atom stereocenters. The summed E-state index contributed by atoms with van der Waals surface area (Å²) in [5, 5.41) is 0. The number of halogens is 1. The van der Waals surface area contributed by atoms with E-state index in [1.54, 1.807) is 11.1 Å². The molecule has 0 heterocycles. The average molecular weight is 547 g/mol. The molecular formula is C39H59F. The highest BCUT2D eigenvalue weighted by molar-refractivity contribution is 5.64. The van der Waals surface area contributed by atoms with Crippen molar-refractivity contribution in [1.29, 1.82) is 0 Å². The Morgan fingerprint density at radius 2 is 0.850 bits per heavy atom. The van der Waals surface area contributed by atoms with Crippen molar-refractivity contribution in [2.24, 2.45) is 11.8 Å². The molecule has 0 nitrogen and oxygen atoms in total. The standard InChI is InChI=1S/C39H59F/c1-2-3-4-7-10-13-32-15-19-34(20-16-32)36-23-27-38(28-24-36)39-29-25-37(26-30-39)35-21-17-33(18-22-35)14-11-8-5-6-9-12-31-40/h23-30,32-35H,2-22,31H2,1H3/t32-,33-,34-,35-. The van der Waals surface area contributed by atoms with Crippen LogP contribution in [0.15, 0.2) is 48.5 Å². The van der Waals surface area contributed by atoms with Gasteiger partial charge in [-0.05, 0) is 104 Å². The zero-order valence-electron chi connectivity index (χ0n) is 25.9. The van der Waals surface area contributed by atoms with Crippen LogP contribution in [-0.4, -0.2) is 6.67 Å². The van der Waals surface area contributed by atoms with Gasteiger partial charge in [-0.15, -0.1) is 0 Å². The Kier molecular flexibility index (Phi) is 14.1.